The van der Waals surface area contributed by atoms with Crippen LogP contribution < -0.4 is 0 Å². The number of hydrogen-bond acceptors (Lipinski definition) is 2. The van der Waals surface area contributed by atoms with E-state index < -0.39 is 13.7 Å². The van der Waals surface area contributed by atoms with Crippen LogP contribution in [-0.4, -0.2) is 21.2 Å². The fourth-order valence-corrected chi connectivity index (χ4v) is 5.94. The number of rotatable bonds is 9. The molecular formula is C21H28O2Si. The summed E-state index contributed by atoms with van der Waals surface area (Å²) in [4.78, 5) is 12.3. The molecule has 0 unspecified atom stereocenters. The van der Waals surface area contributed by atoms with Crippen LogP contribution in [0.4, 0.5) is 0 Å². The van der Waals surface area contributed by atoms with Crippen LogP contribution in [0, 0.1) is 0 Å². The summed E-state index contributed by atoms with van der Waals surface area (Å²) >= 11 is 0. The van der Waals surface area contributed by atoms with E-state index in [9.17, 15) is 4.79 Å². The zero-order valence-corrected chi connectivity index (χ0v) is 16.0. The van der Waals surface area contributed by atoms with E-state index in [1.54, 1.807) is 0 Å². The van der Waals surface area contributed by atoms with E-state index in [1.165, 1.54) is 0 Å². The third-order valence-corrected chi connectivity index (χ3v) is 9.94. The second-order valence-corrected chi connectivity index (χ2v) is 11.1. The average Bonchev–Trinajstić information content (AvgIpc) is 2.68. The lowest BCUT2D eigenvalue weighted by Crippen LogP contribution is -2.43. The van der Waals surface area contributed by atoms with Crippen molar-refractivity contribution in [2.75, 3.05) is 6.61 Å². The summed E-state index contributed by atoms with van der Waals surface area (Å²) in [5.74, 6) is 0. The van der Waals surface area contributed by atoms with Gasteiger partial charge in [0.2, 0.25) is 0 Å². The zero-order valence-electron chi connectivity index (χ0n) is 15.0. The predicted molar refractivity (Wildman–Crippen MR) is 103 cm³/mol. The van der Waals surface area contributed by atoms with Crippen LogP contribution in [0.3, 0.4) is 0 Å². The Morgan fingerprint density at radius 1 is 0.833 bits per heavy atom. The topological polar surface area (TPSA) is 26.3 Å². The van der Waals surface area contributed by atoms with Gasteiger partial charge in [-0.05, 0) is 29.3 Å². The van der Waals surface area contributed by atoms with E-state index in [-0.39, 0.29) is 0 Å². The van der Waals surface area contributed by atoms with Gasteiger partial charge in [0.05, 0.1) is 12.0 Å². The molecule has 0 aliphatic heterocycles. The van der Waals surface area contributed by atoms with Crippen LogP contribution in [-0.2, 0) is 14.6 Å². The SMILES string of the molecule is CC[Si](CC)(CC)OCC(C=O)(c1ccccc1)c1ccccc1. The summed E-state index contributed by atoms with van der Waals surface area (Å²) in [7, 11) is -1.77. The molecule has 24 heavy (non-hydrogen) atoms. The van der Waals surface area contributed by atoms with Gasteiger partial charge in [0.1, 0.15) is 6.29 Å². The molecule has 128 valence electrons. The Morgan fingerprint density at radius 3 is 1.58 bits per heavy atom. The van der Waals surface area contributed by atoms with Crippen LogP contribution in [0.25, 0.3) is 0 Å². The number of aldehydes is 1. The van der Waals surface area contributed by atoms with E-state index in [1.807, 2.05) is 60.7 Å². The van der Waals surface area contributed by atoms with Crippen LogP contribution in [0.1, 0.15) is 31.9 Å². The quantitative estimate of drug-likeness (QED) is 0.463. The first-order valence-electron chi connectivity index (χ1n) is 8.87. The molecule has 2 rings (SSSR count). The molecular weight excluding hydrogens is 312 g/mol. The van der Waals surface area contributed by atoms with Crippen LogP contribution >= 0.6 is 0 Å². The van der Waals surface area contributed by atoms with Gasteiger partial charge in [-0.25, -0.2) is 0 Å². The van der Waals surface area contributed by atoms with E-state index in [0.29, 0.717) is 6.61 Å². The van der Waals surface area contributed by atoms with Crippen molar-refractivity contribution < 1.29 is 9.22 Å². The molecule has 0 radical (unpaired) electrons. The van der Waals surface area contributed by atoms with Crippen molar-refractivity contribution in [1.29, 1.82) is 0 Å². The van der Waals surface area contributed by atoms with Crippen molar-refractivity contribution in [2.24, 2.45) is 0 Å². The fraction of sp³-hybridized carbons (Fsp3) is 0.381. The summed E-state index contributed by atoms with van der Waals surface area (Å²) in [5, 5.41) is 0. The van der Waals surface area contributed by atoms with E-state index in [4.69, 9.17) is 4.43 Å². The molecule has 2 aromatic carbocycles. The largest absolute Gasteiger partial charge is 0.415 e. The fourth-order valence-electron chi connectivity index (χ4n) is 3.30. The number of carbonyl (C=O) groups is 1. The standard InChI is InChI=1S/C21H28O2Si/c1-4-24(5-2,6-3)23-18-21(17-22,19-13-9-7-10-14-19)20-15-11-8-12-16-20/h7-17H,4-6,18H2,1-3H3. The van der Waals surface area contributed by atoms with Gasteiger partial charge in [0, 0.05) is 0 Å². The lowest BCUT2D eigenvalue weighted by atomic mass is 9.76. The van der Waals surface area contributed by atoms with Gasteiger partial charge in [-0.3, -0.25) is 0 Å². The first kappa shape index (κ1) is 18.6. The molecule has 3 heteroatoms. The van der Waals surface area contributed by atoms with Gasteiger partial charge in [-0.15, -0.1) is 0 Å². The smallest absolute Gasteiger partial charge is 0.192 e. The third kappa shape index (κ3) is 3.68. The number of hydrogen-bond donors (Lipinski definition) is 0. The zero-order chi connectivity index (χ0) is 17.5. The predicted octanol–water partition coefficient (Wildman–Crippen LogP) is 5.19. The summed E-state index contributed by atoms with van der Waals surface area (Å²) in [5.41, 5.74) is 1.26. The minimum Gasteiger partial charge on any atom is -0.415 e. The molecule has 0 aromatic heterocycles. The molecule has 0 amide bonds. The Balaban J connectivity index is 2.46. The molecule has 0 bridgehead atoms. The maximum absolute atomic E-state index is 12.3. The highest BCUT2D eigenvalue weighted by Gasteiger charge is 2.38. The van der Waals surface area contributed by atoms with E-state index in [2.05, 4.69) is 20.8 Å². The first-order chi connectivity index (χ1) is 11.7. The first-order valence-corrected chi connectivity index (χ1v) is 11.4. The van der Waals surface area contributed by atoms with Gasteiger partial charge in [0.25, 0.3) is 0 Å². The molecule has 2 aromatic rings. The lowest BCUT2D eigenvalue weighted by Gasteiger charge is -2.35. The highest BCUT2D eigenvalue weighted by atomic mass is 28.4. The van der Waals surface area contributed by atoms with Gasteiger partial charge in [-0.2, -0.15) is 0 Å². The highest BCUT2D eigenvalue weighted by Crippen LogP contribution is 2.33. The monoisotopic (exact) mass is 340 g/mol. The summed E-state index contributed by atoms with van der Waals surface area (Å²) in [6, 6.07) is 23.3. The molecule has 0 N–H and O–H groups in total. The van der Waals surface area contributed by atoms with Crippen molar-refractivity contribution in [3.05, 3.63) is 71.8 Å². The second kappa shape index (κ2) is 8.40. The van der Waals surface area contributed by atoms with Crippen LogP contribution in [0.2, 0.25) is 18.1 Å². The van der Waals surface area contributed by atoms with Crippen LogP contribution in [0.15, 0.2) is 60.7 Å². The third-order valence-electron chi connectivity index (χ3n) is 5.32. The molecule has 2 nitrogen and oxygen atoms in total. The Bertz CT molecular complexity index is 573. The minimum absolute atomic E-state index is 0.423. The molecule has 0 fully saturated rings. The molecule has 0 saturated carbocycles. The van der Waals surface area contributed by atoms with Gasteiger partial charge in [0.15, 0.2) is 8.32 Å². The normalized spacial score (nSPS) is 12.1. The summed E-state index contributed by atoms with van der Waals surface area (Å²) < 4.78 is 6.55. The van der Waals surface area contributed by atoms with Gasteiger partial charge in [-0.1, -0.05) is 81.4 Å². The van der Waals surface area contributed by atoms with Crippen molar-refractivity contribution in [1.82, 2.24) is 0 Å². The van der Waals surface area contributed by atoms with Crippen molar-refractivity contribution >= 4 is 14.6 Å². The Morgan fingerprint density at radius 2 is 1.25 bits per heavy atom. The lowest BCUT2D eigenvalue weighted by molar-refractivity contribution is -0.112. The second-order valence-electron chi connectivity index (χ2n) is 6.35. The van der Waals surface area contributed by atoms with Crippen molar-refractivity contribution in [3.8, 4) is 0 Å². The molecule has 0 saturated heterocycles. The Labute approximate surface area is 147 Å². The van der Waals surface area contributed by atoms with E-state index in [0.717, 1.165) is 35.5 Å². The van der Waals surface area contributed by atoms with Gasteiger partial charge < -0.3 is 9.22 Å². The molecule has 0 spiro atoms. The minimum atomic E-state index is -1.77. The van der Waals surface area contributed by atoms with Crippen molar-refractivity contribution in [2.45, 2.75) is 44.3 Å². The molecule has 0 heterocycles. The number of benzene rings is 2. The highest BCUT2D eigenvalue weighted by molar-refractivity contribution is 6.73. The average molecular weight is 341 g/mol. The maximum atomic E-state index is 12.3. The van der Waals surface area contributed by atoms with Gasteiger partial charge >= 0.3 is 0 Å². The molecule has 0 atom stereocenters. The molecule has 0 aliphatic rings. The Kier molecular flexibility index (Phi) is 6.52. The summed E-state index contributed by atoms with van der Waals surface area (Å²) in [6.45, 7) is 7.07. The van der Waals surface area contributed by atoms with Crippen LogP contribution in [0.5, 0.6) is 0 Å². The summed E-state index contributed by atoms with van der Waals surface area (Å²) in [6.07, 6.45) is 1.07. The maximum Gasteiger partial charge on any atom is 0.192 e. The number of carbonyl (C=O) groups excluding carboxylic acids is 1. The molecule has 0 aliphatic carbocycles. The van der Waals surface area contributed by atoms with Crippen molar-refractivity contribution in [3.63, 3.8) is 0 Å². The Hall–Kier alpha value is -1.71. The van der Waals surface area contributed by atoms with E-state index >= 15 is 0 Å².